The Kier molecular flexibility index (Phi) is 6.47. The normalized spacial score (nSPS) is 18.6. The molecule has 0 amide bonds. The van der Waals surface area contributed by atoms with Crippen LogP contribution in [0.3, 0.4) is 0 Å². The Morgan fingerprint density at radius 1 is 1.29 bits per heavy atom. The van der Waals surface area contributed by atoms with Crippen LogP contribution in [0.2, 0.25) is 0 Å². The van der Waals surface area contributed by atoms with E-state index in [4.69, 9.17) is 4.74 Å². The van der Waals surface area contributed by atoms with Crippen LogP contribution in [0.1, 0.15) is 13.8 Å². The SMILES string of the molecule is CC(C)NCCOC(=O)CN1CCN(C)CC1. The highest BCUT2D eigenvalue weighted by Gasteiger charge is 2.16. The van der Waals surface area contributed by atoms with Gasteiger partial charge in [0, 0.05) is 38.8 Å². The molecule has 1 N–H and O–H groups in total. The number of carbonyl (C=O) groups excluding carboxylic acids is 1. The minimum absolute atomic E-state index is 0.111. The van der Waals surface area contributed by atoms with Crippen LogP contribution in [0.5, 0.6) is 0 Å². The zero-order chi connectivity index (χ0) is 12.7. The molecule has 0 spiro atoms. The van der Waals surface area contributed by atoms with E-state index in [9.17, 15) is 4.79 Å². The molecule has 17 heavy (non-hydrogen) atoms. The summed E-state index contributed by atoms with van der Waals surface area (Å²) in [4.78, 5) is 16.0. The molecule has 0 unspecified atom stereocenters. The van der Waals surface area contributed by atoms with Crippen molar-refractivity contribution in [3.05, 3.63) is 0 Å². The number of piperazine rings is 1. The molecule has 1 heterocycles. The molecule has 1 aliphatic rings. The van der Waals surface area contributed by atoms with E-state index >= 15 is 0 Å². The van der Waals surface area contributed by atoms with Gasteiger partial charge in [0.2, 0.25) is 0 Å². The number of hydrogen-bond donors (Lipinski definition) is 1. The Hall–Kier alpha value is -0.650. The molecule has 1 saturated heterocycles. The van der Waals surface area contributed by atoms with Crippen LogP contribution in [-0.4, -0.2) is 74.7 Å². The number of likely N-dealkylation sites (N-methyl/N-ethyl adjacent to an activating group) is 1. The van der Waals surface area contributed by atoms with Crippen LogP contribution in [0, 0.1) is 0 Å². The number of ether oxygens (including phenoxy) is 1. The van der Waals surface area contributed by atoms with Crippen molar-refractivity contribution in [3.8, 4) is 0 Å². The quantitative estimate of drug-likeness (QED) is 0.516. The van der Waals surface area contributed by atoms with Gasteiger partial charge in [0.05, 0.1) is 6.54 Å². The number of nitrogens with one attached hydrogen (secondary N) is 1. The lowest BCUT2D eigenvalue weighted by molar-refractivity contribution is -0.145. The summed E-state index contributed by atoms with van der Waals surface area (Å²) in [6.45, 7) is 9.74. The lowest BCUT2D eigenvalue weighted by Crippen LogP contribution is -2.46. The van der Waals surface area contributed by atoms with Crippen LogP contribution in [0.4, 0.5) is 0 Å². The molecule has 5 heteroatoms. The first-order valence-electron chi connectivity index (χ1n) is 6.38. The summed E-state index contributed by atoms with van der Waals surface area (Å²) in [6.07, 6.45) is 0. The van der Waals surface area contributed by atoms with Crippen molar-refractivity contribution >= 4 is 5.97 Å². The maximum atomic E-state index is 11.5. The molecule has 0 aromatic rings. The van der Waals surface area contributed by atoms with Gasteiger partial charge in [-0.25, -0.2) is 0 Å². The highest BCUT2D eigenvalue weighted by atomic mass is 16.5. The average molecular weight is 243 g/mol. The third-order valence-electron chi connectivity index (χ3n) is 2.87. The second-order valence-corrected chi connectivity index (χ2v) is 4.91. The fourth-order valence-electron chi connectivity index (χ4n) is 1.75. The van der Waals surface area contributed by atoms with E-state index in [-0.39, 0.29) is 5.97 Å². The van der Waals surface area contributed by atoms with E-state index < -0.39 is 0 Å². The van der Waals surface area contributed by atoms with Crippen molar-refractivity contribution in [2.45, 2.75) is 19.9 Å². The minimum atomic E-state index is -0.111. The summed E-state index contributed by atoms with van der Waals surface area (Å²) in [7, 11) is 2.10. The molecule has 0 aromatic carbocycles. The van der Waals surface area contributed by atoms with Crippen molar-refractivity contribution in [2.75, 3.05) is 52.9 Å². The zero-order valence-corrected chi connectivity index (χ0v) is 11.2. The van der Waals surface area contributed by atoms with Gasteiger partial charge in [0.25, 0.3) is 0 Å². The Morgan fingerprint density at radius 2 is 1.94 bits per heavy atom. The number of carbonyl (C=O) groups is 1. The van der Waals surface area contributed by atoms with Gasteiger partial charge in [-0.3, -0.25) is 9.69 Å². The summed E-state index contributed by atoms with van der Waals surface area (Å²) >= 11 is 0. The second kappa shape index (κ2) is 7.63. The molecule has 0 atom stereocenters. The topological polar surface area (TPSA) is 44.8 Å². The molecule has 0 radical (unpaired) electrons. The molecule has 0 aliphatic carbocycles. The fourth-order valence-corrected chi connectivity index (χ4v) is 1.75. The maximum Gasteiger partial charge on any atom is 0.320 e. The number of esters is 1. The van der Waals surface area contributed by atoms with Gasteiger partial charge in [-0.05, 0) is 7.05 Å². The molecule has 0 aromatic heterocycles. The van der Waals surface area contributed by atoms with E-state index in [0.29, 0.717) is 19.2 Å². The van der Waals surface area contributed by atoms with Crippen LogP contribution in [0.25, 0.3) is 0 Å². The van der Waals surface area contributed by atoms with Crippen molar-refractivity contribution in [3.63, 3.8) is 0 Å². The summed E-state index contributed by atoms with van der Waals surface area (Å²) in [5.41, 5.74) is 0. The van der Waals surface area contributed by atoms with Crippen molar-refractivity contribution < 1.29 is 9.53 Å². The number of nitrogens with zero attached hydrogens (tertiary/aromatic N) is 2. The summed E-state index contributed by atoms with van der Waals surface area (Å²) in [5.74, 6) is -0.111. The Labute approximate surface area is 104 Å². The molecule has 1 aliphatic heterocycles. The first-order chi connectivity index (χ1) is 8.08. The van der Waals surface area contributed by atoms with Gasteiger partial charge in [0.1, 0.15) is 6.61 Å². The fraction of sp³-hybridized carbons (Fsp3) is 0.917. The standard InChI is InChI=1S/C12H25N3O2/c1-11(2)13-4-9-17-12(16)10-15-7-5-14(3)6-8-15/h11,13H,4-10H2,1-3H3. The highest BCUT2D eigenvalue weighted by molar-refractivity contribution is 5.71. The number of rotatable bonds is 6. The highest BCUT2D eigenvalue weighted by Crippen LogP contribution is 1.98. The first kappa shape index (κ1) is 14.4. The smallest absolute Gasteiger partial charge is 0.320 e. The summed E-state index contributed by atoms with van der Waals surface area (Å²) in [6, 6.07) is 0.436. The molecule has 0 saturated carbocycles. The summed E-state index contributed by atoms with van der Waals surface area (Å²) in [5, 5.41) is 3.21. The van der Waals surface area contributed by atoms with Gasteiger partial charge in [0.15, 0.2) is 0 Å². The summed E-state index contributed by atoms with van der Waals surface area (Å²) < 4.78 is 5.17. The van der Waals surface area contributed by atoms with Crippen molar-refractivity contribution in [1.82, 2.24) is 15.1 Å². The van der Waals surface area contributed by atoms with E-state index in [1.54, 1.807) is 0 Å². The molecule has 1 rings (SSSR count). The monoisotopic (exact) mass is 243 g/mol. The third kappa shape index (κ3) is 6.61. The van der Waals surface area contributed by atoms with Crippen LogP contribution in [-0.2, 0) is 9.53 Å². The Bertz CT molecular complexity index is 226. The predicted octanol–water partition coefficient (Wildman–Crippen LogP) is -0.225. The van der Waals surface area contributed by atoms with E-state index in [2.05, 4.69) is 36.0 Å². The average Bonchev–Trinajstić information content (AvgIpc) is 2.27. The van der Waals surface area contributed by atoms with Crippen LogP contribution >= 0.6 is 0 Å². The Balaban J connectivity index is 2.04. The Morgan fingerprint density at radius 3 is 2.53 bits per heavy atom. The molecule has 0 bridgehead atoms. The lowest BCUT2D eigenvalue weighted by atomic mass is 10.3. The van der Waals surface area contributed by atoms with Crippen LogP contribution < -0.4 is 5.32 Å². The lowest BCUT2D eigenvalue weighted by Gasteiger charge is -2.31. The molecule has 1 fully saturated rings. The van der Waals surface area contributed by atoms with E-state index in [1.165, 1.54) is 0 Å². The first-order valence-corrected chi connectivity index (χ1v) is 6.38. The van der Waals surface area contributed by atoms with Gasteiger partial charge in [-0.1, -0.05) is 13.8 Å². The maximum absolute atomic E-state index is 11.5. The van der Waals surface area contributed by atoms with E-state index in [1.807, 2.05) is 0 Å². The predicted molar refractivity (Wildman–Crippen MR) is 68.0 cm³/mol. The minimum Gasteiger partial charge on any atom is -0.463 e. The van der Waals surface area contributed by atoms with Gasteiger partial charge < -0.3 is 15.0 Å². The molecular weight excluding hydrogens is 218 g/mol. The van der Waals surface area contributed by atoms with E-state index in [0.717, 1.165) is 32.7 Å². The second-order valence-electron chi connectivity index (χ2n) is 4.91. The van der Waals surface area contributed by atoms with Gasteiger partial charge in [-0.15, -0.1) is 0 Å². The molecular formula is C12H25N3O2. The van der Waals surface area contributed by atoms with Gasteiger partial charge in [-0.2, -0.15) is 0 Å². The molecule has 5 nitrogen and oxygen atoms in total. The molecule has 100 valence electrons. The largest absolute Gasteiger partial charge is 0.463 e. The zero-order valence-electron chi connectivity index (χ0n) is 11.2. The number of hydrogen-bond acceptors (Lipinski definition) is 5. The van der Waals surface area contributed by atoms with Crippen molar-refractivity contribution in [2.24, 2.45) is 0 Å². The third-order valence-corrected chi connectivity index (χ3v) is 2.87. The van der Waals surface area contributed by atoms with Crippen molar-refractivity contribution in [1.29, 1.82) is 0 Å². The van der Waals surface area contributed by atoms with Gasteiger partial charge >= 0.3 is 5.97 Å². The van der Waals surface area contributed by atoms with Crippen LogP contribution in [0.15, 0.2) is 0 Å².